The highest BCUT2D eigenvalue weighted by Crippen LogP contribution is 2.29. The molecule has 0 radical (unpaired) electrons. The van der Waals surface area contributed by atoms with E-state index >= 15 is 0 Å². The molecule has 0 N–H and O–H groups in total. The summed E-state index contributed by atoms with van der Waals surface area (Å²) in [7, 11) is -1.98. The second kappa shape index (κ2) is 7.70. The summed E-state index contributed by atoms with van der Waals surface area (Å²) in [5.74, 6) is 0.691. The highest BCUT2D eigenvalue weighted by atomic mass is 32.2. The van der Waals surface area contributed by atoms with Crippen molar-refractivity contribution in [3.8, 4) is 5.75 Å². The van der Waals surface area contributed by atoms with E-state index in [9.17, 15) is 8.42 Å². The lowest BCUT2D eigenvalue weighted by atomic mass is 10.2. The summed E-state index contributed by atoms with van der Waals surface area (Å²) < 4.78 is 33.6. The van der Waals surface area contributed by atoms with E-state index in [4.69, 9.17) is 4.74 Å². The van der Waals surface area contributed by atoms with Crippen LogP contribution in [0.4, 0.5) is 0 Å². The molecule has 0 amide bonds. The van der Waals surface area contributed by atoms with Gasteiger partial charge in [-0.1, -0.05) is 24.3 Å². The lowest BCUT2D eigenvalue weighted by molar-refractivity contribution is 0.378. The van der Waals surface area contributed by atoms with Gasteiger partial charge in [0.15, 0.2) is 0 Å². The van der Waals surface area contributed by atoms with Crippen molar-refractivity contribution >= 4 is 32.7 Å². The van der Waals surface area contributed by atoms with Gasteiger partial charge in [-0.3, -0.25) is 0 Å². The molecule has 2 aromatic heterocycles. The maximum atomic E-state index is 13.2. The van der Waals surface area contributed by atoms with Crippen molar-refractivity contribution in [3.05, 3.63) is 69.2 Å². The van der Waals surface area contributed by atoms with E-state index < -0.39 is 10.0 Å². The molecule has 0 saturated heterocycles. The summed E-state index contributed by atoms with van der Waals surface area (Å²) in [6.07, 6.45) is 0. The van der Waals surface area contributed by atoms with Crippen LogP contribution in [0.15, 0.2) is 58.1 Å². The van der Waals surface area contributed by atoms with Crippen LogP contribution in [0, 0.1) is 6.92 Å². The summed E-state index contributed by atoms with van der Waals surface area (Å²) >= 11 is 2.85. The van der Waals surface area contributed by atoms with E-state index in [1.165, 1.54) is 15.6 Å². The first-order valence-corrected chi connectivity index (χ1v) is 10.8. The smallest absolute Gasteiger partial charge is 0.253 e. The van der Waals surface area contributed by atoms with E-state index in [1.807, 2.05) is 54.8 Å². The Kier molecular flexibility index (Phi) is 5.58. The first kappa shape index (κ1) is 18.1. The molecular weight excluding hydrogens is 374 g/mol. The van der Waals surface area contributed by atoms with Crippen LogP contribution < -0.4 is 4.74 Å². The lowest BCUT2D eigenvalue weighted by Gasteiger charge is -2.22. The molecule has 0 spiro atoms. The monoisotopic (exact) mass is 393 g/mol. The first-order chi connectivity index (χ1) is 12.0. The van der Waals surface area contributed by atoms with E-state index in [2.05, 4.69) is 0 Å². The molecular formula is C18H19NO3S3. The fourth-order valence-electron chi connectivity index (χ4n) is 2.50. The molecule has 0 aliphatic rings. The van der Waals surface area contributed by atoms with E-state index in [1.54, 1.807) is 24.5 Å². The summed E-state index contributed by atoms with van der Waals surface area (Å²) in [6.45, 7) is 2.52. The van der Waals surface area contributed by atoms with Crippen LogP contribution in [0.25, 0.3) is 0 Å². The minimum atomic E-state index is -3.58. The van der Waals surface area contributed by atoms with Gasteiger partial charge in [0.2, 0.25) is 0 Å². The molecule has 132 valence electrons. The van der Waals surface area contributed by atoms with E-state index in [0.29, 0.717) is 16.5 Å². The highest BCUT2D eigenvalue weighted by Gasteiger charge is 2.27. The van der Waals surface area contributed by atoms with Crippen molar-refractivity contribution in [2.75, 3.05) is 7.11 Å². The Balaban J connectivity index is 1.97. The minimum absolute atomic E-state index is 0.265. The molecule has 0 aliphatic heterocycles. The number of aryl methyl sites for hydroxylation is 1. The lowest BCUT2D eigenvalue weighted by Crippen LogP contribution is -2.29. The molecule has 0 aliphatic carbocycles. The van der Waals surface area contributed by atoms with Crippen molar-refractivity contribution in [1.82, 2.24) is 4.31 Å². The zero-order valence-corrected chi connectivity index (χ0v) is 16.5. The second-order valence-electron chi connectivity index (χ2n) is 5.53. The molecule has 1 aromatic carbocycles. The van der Waals surface area contributed by atoms with Gasteiger partial charge in [-0.15, -0.1) is 22.7 Å². The largest absolute Gasteiger partial charge is 0.496 e. The Labute approximate surface area is 156 Å². The number of ether oxygens (including phenoxy) is 1. The number of para-hydroxylation sites is 1. The molecule has 2 heterocycles. The van der Waals surface area contributed by atoms with E-state index in [-0.39, 0.29) is 6.54 Å². The first-order valence-electron chi connectivity index (χ1n) is 7.71. The number of methoxy groups -OCH3 is 1. The van der Waals surface area contributed by atoms with Crippen LogP contribution >= 0.6 is 22.7 Å². The quantitative estimate of drug-likeness (QED) is 0.593. The topological polar surface area (TPSA) is 46.6 Å². The average Bonchev–Trinajstić information content (AvgIpc) is 3.26. The van der Waals surface area contributed by atoms with Crippen molar-refractivity contribution in [3.63, 3.8) is 0 Å². The van der Waals surface area contributed by atoms with Gasteiger partial charge in [0, 0.05) is 28.4 Å². The highest BCUT2D eigenvalue weighted by molar-refractivity contribution is 7.91. The summed E-state index contributed by atoms with van der Waals surface area (Å²) in [6, 6.07) is 14.9. The molecule has 0 saturated carbocycles. The van der Waals surface area contributed by atoms with Crippen molar-refractivity contribution in [2.24, 2.45) is 0 Å². The zero-order valence-electron chi connectivity index (χ0n) is 14.0. The molecule has 3 rings (SSSR count). The summed E-state index contributed by atoms with van der Waals surface area (Å²) in [5.41, 5.74) is 0.846. The Morgan fingerprint density at radius 2 is 1.84 bits per heavy atom. The molecule has 3 aromatic rings. The SMILES string of the molecule is COc1ccccc1CN(Cc1cccs1)S(=O)(=O)c1ccc(C)s1. The summed E-state index contributed by atoms with van der Waals surface area (Å²) in [4.78, 5) is 1.98. The fourth-order valence-corrected chi connectivity index (χ4v) is 6.14. The summed E-state index contributed by atoms with van der Waals surface area (Å²) in [5, 5.41) is 1.96. The number of sulfonamides is 1. The maximum Gasteiger partial charge on any atom is 0.253 e. The van der Waals surface area contributed by atoms with Gasteiger partial charge in [0.25, 0.3) is 10.0 Å². The third-order valence-corrected chi connectivity index (χ3v) is 7.88. The zero-order chi connectivity index (χ0) is 17.9. The van der Waals surface area contributed by atoms with Gasteiger partial charge in [0.1, 0.15) is 9.96 Å². The van der Waals surface area contributed by atoms with Gasteiger partial charge in [-0.05, 0) is 36.6 Å². The van der Waals surface area contributed by atoms with Gasteiger partial charge in [-0.25, -0.2) is 8.42 Å². The van der Waals surface area contributed by atoms with E-state index in [0.717, 1.165) is 15.3 Å². The molecule has 25 heavy (non-hydrogen) atoms. The Hall–Kier alpha value is -1.67. The van der Waals surface area contributed by atoms with Crippen LogP contribution in [-0.4, -0.2) is 19.8 Å². The van der Waals surface area contributed by atoms with Crippen LogP contribution in [0.5, 0.6) is 5.75 Å². The number of benzene rings is 1. The second-order valence-corrected chi connectivity index (χ2v) is 10.0. The van der Waals surface area contributed by atoms with Crippen LogP contribution in [0.2, 0.25) is 0 Å². The molecule has 0 fully saturated rings. The van der Waals surface area contributed by atoms with Gasteiger partial charge >= 0.3 is 0 Å². The normalized spacial score (nSPS) is 11.8. The molecule has 0 atom stereocenters. The predicted octanol–water partition coefficient (Wildman–Crippen LogP) is 4.52. The van der Waals surface area contributed by atoms with Crippen molar-refractivity contribution in [1.29, 1.82) is 0 Å². The maximum absolute atomic E-state index is 13.2. The average molecular weight is 394 g/mol. The van der Waals surface area contributed by atoms with Crippen molar-refractivity contribution < 1.29 is 13.2 Å². The van der Waals surface area contributed by atoms with Gasteiger partial charge < -0.3 is 4.74 Å². The fraction of sp³-hybridized carbons (Fsp3) is 0.222. The minimum Gasteiger partial charge on any atom is -0.496 e. The number of hydrogen-bond acceptors (Lipinski definition) is 5. The Morgan fingerprint density at radius 1 is 1.04 bits per heavy atom. The third kappa shape index (κ3) is 4.12. The molecule has 7 heteroatoms. The predicted molar refractivity (Wildman–Crippen MR) is 103 cm³/mol. The molecule has 0 unspecified atom stereocenters. The number of rotatable bonds is 7. The number of hydrogen-bond donors (Lipinski definition) is 0. The van der Waals surface area contributed by atoms with Crippen LogP contribution in [0.3, 0.4) is 0 Å². The Bertz CT molecular complexity index is 930. The van der Waals surface area contributed by atoms with Crippen LogP contribution in [-0.2, 0) is 23.1 Å². The van der Waals surface area contributed by atoms with Gasteiger partial charge in [0.05, 0.1) is 7.11 Å². The van der Waals surface area contributed by atoms with Gasteiger partial charge in [-0.2, -0.15) is 4.31 Å². The van der Waals surface area contributed by atoms with Crippen molar-refractivity contribution in [2.45, 2.75) is 24.2 Å². The number of nitrogens with zero attached hydrogens (tertiary/aromatic N) is 1. The molecule has 4 nitrogen and oxygen atoms in total. The number of thiophene rings is 2. The Morgan fingerprint density at radius 3 is 2.48 bits per heavy atom. The third-order valence-electron chi connectivity index (χ3n) is 3.76. The molecule has 0 bridgehead atoms. The standard InChI is InChI=1S/C18H19NO3S3/c1-14-9-10-18(24-14)25(20,21)19(13-16-7-5-11-23-16)12-15-6-3-4-8-17(15)22-2/h3-11H,12-13H2,1-2H3. The van der Waals surface area contributed by atoms with Crippen LogP contribution in [0.1, 0.15) is 15.3 Å².